The van der Waals surface area contributed by atoms with Gasteiger partial charge in [0.2, 0.25) is 5.82 Å². The van der Waals surface area contributed by atoms with Gasteiger partial charge < -0.3 is 10.2 Å². The number of nitrogens with one attached hydrogen (secondary N) is 1. The lowest BCUT2D eigenvalue weighted by Crippen LogP contribution is -2.34. The Kier molecular flexibility index (Phi) is 4.35. The minimum absolute atomic E-state index is 0.193. The molecule has 1 aromatic heterocycles. The van der Waals surface area contributed by atoms with E-state index in [1.807, 2.05) is 11.8 Å². The topological polar surface area (TPSA) is 41.0 Å². The van der Waals surface area contributed by atoms with E-state index < -0.39 is 12.0 Å². The largest absolute Gasteiger partial charge is 0.451 e. The van der Waals surface area contributed by atoms with Crippen molar-refractivity contribution in [3.8, 4) is 0 Å². The Labute approximate surface area is 116 Å². The SMILES string of the molecule is CNc1cc(N2CCCCCC2C)nc(C(F)(F)F)n1. The van der Waals surface area contributed by atoms with Crippen molar-refractivity contribution in [3.05, 3.63) is 11.9 Å². The summed E-state index contributed by atoms with van der Waals surface area (Å²) >= 11 is 0. The van der Waals surface area contributed by atoms with Crippen LogP contribution in [0.2, 0.25) is 0 Å². The van der Waals surface area contributed by atoms with Crippen molar-refractivity contribution in [2.24, 2.45) is 0 Å². The van der Waals surface area contributed by atoms with Gasteiger partial charge in [-0.05, 0) is 19.8 Å². The van der Waals surface area contributed by atoms with Gasteiger partial charge in [0.15, 0.2) is 0 Å². The summed E-state index contributed by atoms with van der Waals surface area (Å²) < 4.78 is 38.6. The first kappa shape index (κ1) is 14.9. The molecule has 112 valence electrons. The Bertz CT molecular complexity index is 461. The molecule has 0 aliphatic carbocycles. The van der Waals surface area contributed by atoms with Gasteiger partial charge >= 0.3 is 6.18 Å². The number of halogens is 3. The van der Waals surface area contributed by atoms with Gasteiger partial charge in [0, 0.05) is 25.7 Å². The highest BCUT2D eigenvalue weighted by molar-refractivity contribution is 5.50. The molecule has 1 atom stereocenters. The molecular weight excluding hydrogens is 269 g/mol. The highest BCUT2D eigenvalue weighted by Gasteiger charge is 2.36. The van der Waals surface area contributed by atoms with Crippen molar-refractivity contribution in [2.45, 2.75) is 44.8 Å². The predicted molar refractivity (Wildman–Crippen MR) is 71.9 cm³/mol. The van der Waals surface area contributed by atoms with Gasteiger partial charge in [0.25, 0.3) is 0 Å². The van der Waals surface area contributed by atoms with Crippen LogP contribution >= 0.6 is 0 Å². The summed E-state index contributed by atoms with van der Waals surface area (Å²) in [5.74, 6) is -0.541. The number of hydrogen-bond donors (Lipinski definition) is 1. The number of alkyl halides is 3. The Morgan fingerprint density at radius 1 is 1.25 bits per heavy atom. The van der Waals surface area contributed by atoms with Crippen molar-refractivity contribution < 1.29 is 13.2 Å². The molecule has 1 saturated heterocycles. The number of hydrogen-bond acceptors (Lipinski definition) is 4. The molecule has 0 radical (unpaired) electrons. The summed E-state index contributed by atoms with van der Waals surface area (Å²) in [4.78, 5) is 9.16. The fourth-order valence-electron chi connectivity index (χ4n) is 2.45. The molecular formula is C13H19F3N4. The zero-order valence-electron chi connectivity index (χ0n) is 11.7. The van der Waals surface area contributed by atoms with Crippen molar-refractivity contribution in [2.75, 3.05) is 23.8 Å². The summed E-state index contributed by atoms with van der Waals surface area (Å²) in [6.07, 6.45) is -0.369. The fourth-order valence-corrected chi connectivity index (χ4v) is 2.45. The first-order valence-electron chi connectivity index (χ1n) is 6.82. The van der Waals surface area contributed by atoms with Crippen LogP contribution in [0.1, 0.15) is 38.4 Å². The minimum Gasteiger partial charge on any atom is -0.373 e. The van der Waals surface area contributed by atoms with Crippen molar-refractivity contribution in [1.29, 1.82) is 0 Å². The van der Waals surface area contributed by atoms with Gasteiger partial charge in [-0.25, -0.2) is 9.97 Å². The summed E-state index contributed by atoms with van der Waals surface area (Å²) in [7, 11) is 1.55. The van der Waals surface area contributed by atoms with E-state index in [-0.39, 0.29) is 11.9 Å². The number of nitrogens with zero attached hydrogens (tertiary/aromatic N) is 3. The quantitative estimate of drug-likeness (QED) is 0.906. The van der Waals surface area contributed by atoms with Gasteiger partial charge in [-0.15, -0.1) is 0 Å². The van der Waals surface area contributed by atoms with Gasteiger partial charge in [-0.1, -0.05) is 12.8 Å². The van der Waals surface area contributed by atoms with Crippen LogP contribution in [-0.2, 0) is 6.18 Å². The van der Waals surface area contributed by atoms with Crippen LogP contribution in [0.3, 0.4) is 0 Å². The van der Waals surface area contributed by atoms with Crippen molar-refractivity contribution in [1.82, 2.24) is 9.97 Å². The molecule has 1 N–H and O–H groups in total. The van der Waals surface area contributed by atoms with E-state index in [1.54, 1.807) is 13.1 Å². The Hall–Kier alpha value is -1.53. The second-order valence-electron chi connectivity index (χ2n) is 5.07. The van der Waals surface area contributed by atoms with Crippen LogP contribution in [0, 0.1) is 0 Å². The van der Waals surface area contributed by atoms with Crippen LogP contribution in [0.25, 0.3) is 0 Å². The predicted octanol–water partition coefficient (Wildman–Crippen LogP) is 3.31. The minimum atomic E-state index is -4.53. The Balaban J connectivity index is 2.39. The zero-order valence-corrected chi connectivity index (χ0v) is 11.7. The van der Waals surface area contributed by atoms with E-state index in [1.165, 1.54) is 0 Å². The third kappa shape index (κ3) is 3.32. The summed E-state index contributed by atoms with van der Waals surface area (Å²) in [6.45, 7) is 2.76. The molecule has 20 heavy (non-hydrogen) atoms. The lowest BCUT2D eigenvalue weighted by molar-refractivity contribution is -0.144. The molecule has 0 aromatic carbocycles. The van der Waals surface area contributed by atoms with Crippen LogP contribution in [0.5, 0.6) is 0 Å². The van der Waals surface area contributed by atoms with E-state index >= 15 is 0 Å². The molecule has 1 aromatic rings. The van der Waals surface area contributed by atoms with Gasteiger partial charge in [-0.2, -0.15) is 13.2 Å². The fraction of sp³-hybridized carbons (Fsp3) is 0.692. The van der Waals surface area contributed by atoms with E-state index in [0.717, 1.165) is 32.2 Å². The highest BCUT2D eigenvalue weighted by atomic mass is 19.4. The van der Waals surface area contributed by atoms with E-state index in [2.05, 4.69) is 15.3 Å². The van der Waals surface area contributed by atoms with E-state index in [0.29, 0.717) is 5.82 Å². The Morgan fingerprint density at radius 2 is 2.00 bits per heavy atom. The molecule has 4 nitrogen and oxygen atoms in total. The number of anilines is 2. The number of aromatic nitrogens is 2. The maximum Gasteiger partial charge on any atom is 0.451 e. The normalized spacial score (nSPS) is 20.6. The third-order valence-electron chi connectivity index (χ3n) is 3.57. The summed E-state index contributed by atoms with van der Waals surface area (Å²) in [5.41, 5.74) is 0. The maximum atomic E-state index is 12.9. The molecule has 7 heteroatoms. The lowest BCUT2D eigenvalue weighted by Gasteiger charge is -2.29. The standard InChI is InChI=1S/C13H19F3N4/c1-9-6-4-3-5-7-20(9)11-8-10(17-2)18-12(19-11)13(14,15)16/h8-9H,3-7H2,1-2H3,(H,17,18,19). The Morgan fingerprint density at radius 3 is 2.65 bits per heavy atom. The maximum absolute atomic E-state index is 12.9. The summed E-state index contributed by atoms with van der Waals surface area (Å²) in [5, 5.41) is 2.67. The first-order chi connectivity index (χ1) is 9.41. The monoisotopic (exact) mass is 288 g/mol. The second kappa shape index (κ2) is 5.85. The van der Waals surface area contributed by atoms with Crippen LogP contribution < -0.4 is 10.2 Å². The average Bonchev–Trinajstić information content (AvgIpc) is 2.62. The van der Waals surface area contributed by atoms with Crippen molar-refractivity contribution >= 4 is 11.6 Å². The molecule has 2 heterocycles. The smallest absolute Gasteiger partial charge is 0.373 e. The highest BCUT2D eigenvalue weighted by Crippen LogP contribution is 2.30. The van der Waals surface area contributed by atoms with Gasteiger partial charge in [0.1, 0.15) is 11.6 Å². The van der Waals surface area contributed by atoms with Crippen LogP contribution in [0.15, 0.2) is 6.07 Å². The molecule has 1 aliphatic heterocycles. The average molecular weight is 288 g/mol. The molecule has 0 saturated carbocycles. The van der Waals surface area contributed by atoms with E-state index in [4.69, 9.17) is 0 Å². The van der Waals surface area contributed by atoms with Crippen LogP contribution in [-0.4, -0.2) is 29.6 Å². The van der Waals surface area contributed by atoms with Crippen LogP contribution in [0.4, 0.5) is 24.8 Å². The van der Waals surface area contributed by atoms with Crippen molar-refractivity contribution in [3.63, 3.8) is 0 Å². The third-order valence-corrected chi connectivity index (χ3v) is 3.57. The van der Waals surface area contributed by atoms with Gasteiger partial charge in [-0.3, -0.25) is 0 Å². The zero-order chi connectivity index (χ0) is 14.8. The molecule has 1 aliphatic rings. The first-order valence-corrected chi connectivity index (χ1v) is 6.82. The summed E-state index contributed by atoms with van der Waals surface area (Å²) in [6, 6.07) is 1.77. The lowest BCUT2D eigenvalue weighted by atomic mass is 10.1. The molecule has 1 fully saturated rings. The molecule has 1 unspecified atom stereocenters. The molecule has 2 rings (SSSR count). The number of rotatable bonds is 2. The van der Waals surface area contributed by atoms with Gasteiger partial charge in [0.05, 0.1) is 0 Å². The molecule has 0 spiro atoms. The second-order valence-corrected chi connectivity index (χ2v) is 5.07. The van der Waals surface area contributed by atoms with E-state index in [9.17, 15) is 13.2 Å². The molecule has 0 bridgehead atoms. The molecule has 0 amide bonds.